The van der Waals surface area contributed by atoms with Crippen LogP contribution in [0.5, 0.6) is 0 Å². The fourth-order valence-corrected chi connectivity index (χ4v) is 3.10. The zero-order valence-electron chi connectivity index (χ0n) is 16.2. The SMILES string of the molecule is CCCCN1CCC(NC(=NCC(O)COCC2CC2)NCC)CC1. The van der Waals surface area contributed by atoms with E-state index in [9.17, 15) is 5.11 Å². The van der Waals surface area contributed by atoms with Crippen LogP contribution >= 0.6 is 0 Å². The number of likely N-dealkylation sites (tertiary alicyclic amines) is 1. The highest BCUT2D eigenvalue weighted by molar-refractivity contribution is 5.80. The minimum atomic E-state index is -0.523. The molecule has 1 aliphatic carbocycles. The molecule has 0 aromatic heterocycles. The van der Waals surface area contributed by atoms with Crippen LogP contribution in [0.2, 0.25) is 0 Å². The van der Waals surface area contributed by atoms with Crippen LogP contribution in [0, 0.1) is 5.92 Å². The van der Waals surface area contributed by atoms with Crippen molar-refractivity contribution in [1.29, 1.82) is 0 Å². The second kappa shape index (κ2) is 11.7. The van der Waals surface area contributed by atoms with Gasteiger partial charge in [-0.15, -0.1) is 0 Å². The van der Waals surface area contributed by atoms with Gasteiger partial charge in [-0.25, -0.2) is 0 Å². The topological polar surface area (TPSA) is 69.1 Å². The van der Waals surface area contributed by atoms with Gasteiger partial charge in [0.2, 0.25) is 0 Å². The standard InChI is InChI=1S/C19H38N4O2/c1-3-5-10-23-11-8-17(9-12-23)22-19(20-4-2)21-13-18(24)15-25-14-16-6-7-16/h16-18,24H,3-15H2,1-2H3,(H2,20,21,22). The number of aliphatic imine (C=N–C) groups is 1. The summed E-state index contributed by atoms with van der Waals surface area (Å²) < 4.78 is 5.54. The Morgan fingerprint density at radius 3 is 2.64 bits per heavy atom. The number of nitrogens with zero attached hydrogens (tertiary/aromatic N) is 2. The largest absolute Gasteiger partial charge is 0.389 e. The van der Waals surface area contributed by atoms with Crippen LogP contribution in [-0.4, -0.2) is 74.0 Å². The monoisotopic (exact) mass is 354 g/mol. The van der Waals surface area contributed by atoms with Gasteiger partial charge in [-0.1, -0.05) is 13.3 Å². The first-order valence-corrected chi connectivity index (χ1v) is 10.2. The molecule has 1 saturated carbocycles. The molecule has 25 heavy (non-hydrogen) atoms. The maximum absolute atomic E-state index is 10.0. The summed E-state index contributed by atoms with van der Waals surface area (Å²) in [4.78, 5) is 7.10. The van der Waals surface area contributed by atoms with Crippen molar-refractivity contribution in [2.24, 2.45) is 10.9 Å². The summed E-state index contributed by atoms with van der Waals surface area (Å²) in [6.07, 6.45) is 6.90. The highest BCUT2D eigenvalue weighted by atomic mass is 16.5. The Morgan fingerprint density at radius 2 is 2.00 bits per heavy atom. The van der Waals surface area contributed by atoms with Gasteiger partial charge < -0.3 is 25.4 Å². The van der Waals surface area contributed by atoms with E-state index in [2.05, 4.69) is 34.4 Å². The minimum Gasteiger partial charge on any atom is -0.389 e. The van der Waals surface area contributed by atoms with Crippen molar-refractivity contribution >= 4 is 5.96 Å². The average molecular weight is 355 g/mol. The molecule has 1 heterocycles. The molecule has 1 saturated heterocycles. The first-order chi connectivity index (χ1) is 12.2. The fourth-order valence-electron chi connectivity index (χ4n) is 3.10. The lowest BCUT2D eigenvalue weighted by Gasteiger charge is -2.33. The van der Waals surface area contributed by atoms with Crippen LogP contribution in [0.15, 0.2) is 4.99 Å². The second-order valence-corrected chi connectivity index (χ2v) is 7.47. The van der Waals surface area contributed by atoms with Gasteiger partial charge in [0.15, 0.2) is 5.96 Å². The van der Waals surface area contributed by atoms with Crippen LogP contribution in [0.4, 0.5) is 0 Å². The molecule has 2 rings (SSSR count). The second-order valence-electron chi connectivity index (χ2n) is 7.47. The number of hydrogen-bond donors (Lipinski definition) is 3. The van der Waals surface area contributed by atoms with Crippen molar-refractivity contribution in [3.05, 3.63) is 0 Å². The van der Waals surface area contributed by atoms with Crippen molar-refractivity contribution in [3.8, 4) is 0 Å². The normalized spacial score (nSPS) is 21.3. The molecule has 1 aliphatic heterocycles. The van der Waals surface area contributed by atoms with E-state index >= 15 is 0 Å². The summed E-state index contributed by atoms with van der Waals surface area (Å²) >= 11 is 0. The number of hydrogen-bond acceptors (Lipinski definition) is 4. The third-order valence-corrected chi connectivity index (χ3v) is 4.92. The van der Waals surface area contributed by atoms with Crippen molar-refractivity contribution in [1.82, 2.24) is 15.5 Å². The highest BCUT2D eigenvalue weighted by Gasteiger charge is 2.22. The molecule has 3 N–H and O–H groups in total. The molecule has 0 bridgehead atoms. The molecule has 146 valence electrons. The van der Waals surface area contributed by atoms with Crippen LogP contribution in [-0.2, 0) is 4.74 Å². The average Bonchev–Trinajstić information content (AvgIpc) is 3.43. The van der Waals surface area contributed by atoms with E-state index in [1.54, 1.807) is 0 Å². The lowest BCUT2D eigenvalue weighted by molar-refractivity contribution is 0.0368. The number of rotatable bonds is 11. The Morgan fingerprint density at radius 1 is 1.24 bits per heavy atom. The van der Waals surface area contributed by atoms with Gasteiger partial charge in [0.1, 0.15) is 0 Å². The summed E-state index contributed by atoms with van der Waals surface area (Å²) in [5, 5.41) is 16.9. The molecule has 6 nitrogen and oxygen atoms in total. The van der Waals surface area contributed by atoms with E-state index in [-0.39, 0.29) is 0 Å². The van der Waals surface area contributed by atoms with E-state index in [1.165, 1.54) is 32.2 Å². The smallest absolute Gasteiger partial charge is 0.191 e. The third kappa shape index (κ3) is 8.88. The van der Waals surface area contributed by atoms with Crippen molar-refractivity contribution in [2.45, 2.75) is 64.5 Å². The molecule has 1 unspecified atom stereocenters. The van der Waals surface area contributed by atoms with Gasteiger partial charge in [0, 0.05) is 32.3 Å². The predicted molar refractivity (Wildman–Crippen MR) is 103 cm³/mol. The van der Waals surface area contributed by atoms with E-state index in [0.29, 0.717) is 19.2 Å². The molecule has 2 aliphatic rings. The molecule has 0 aromatic rings. The fraction of sp³-hybridized carbons (Fsp3) is 0.947. The van der Waals surface area contributed by atoms with E-state index in [4.69, 9.17) is 4.74 Å². The maximum atomic E-state index is 10.0. The Labute approximate surface area is 153 Å². The number of aliphatic hydroxyl groups is 1. The number of piperidine rings is 1. The van der Waals surface area contributed by atoms with Crippen LogP contribution < -0.4 is 10.6 Å². The van der Waals surface area contributed by atoms with E-state index in [1.807, 2.05) is 0 Å². The zero-order chi connectivity index (χ0) is 17.9. The van der Waals surface area contributed by atoms with E-state index < -0.39 is 6.10 Å². The molecule has 1 atom stereocenters. The molecular formula is C19H38N4O2. The van der Waals surface area contributed by atoms with Gasteiger partial charge in [-0.05, 0) is 51.5 Å². The van der Waals surface area contributed by atoms with Crippen LogP contribution in [0.25, 0.3) is 0 Å². The molecule has 2 fully saturated rings. The quantitative estimate of drug-likeness (QED) is 0.388. The van der Waals surface area contributed by atoms with Crippen molar-refractivity contribution < 1.29 is 9.84 Å². The Hall–Kier alpha value is -0.850. The molecule has 0 amide bonds. The first kappa shape index (κ1) is 20.5. The van der Waals surface area contributed by atoms with Gasteiger partial charge in [-0.3, -0.25) is 4.99 Å². The van der Waals surface area contributed by atoms with Crippen LogP contribution in [0.1, 0.15) is 52.4 Å². The summed E-state index contributed by atoms with van der Waals surface area (Å²) in [6, 6.07) is 0.471. The molecular weight excluding hydrogens is 316 g/mol. The minimum absolute atomic E-state index is 0.384. The molecule has 0 spiro atoms. The molecule has 0 aromatic carbocycles. The first-order valence-electron chi connectivity index (χ1n) is 10.2. The molecule has 6 heteroatoms. The highest BCUT2D eigenvalue weighted by Crippen LogP contribution is 2.28. The summed E-state index contributed by atoms with van der Waals surface area (Å²) in [7, 11) is 0. The number of ether oxygens (including phenoxy) is 1. The van der Waals surface area contributed by atoms with Gasteiger partial charge in [-0.2, -0.15) is 0 Å². The summed E-state index contributed by atoms with van der Waals surface area (Å²) in [5.41, 5.74) is 0. The molecule has 0 radical (unpaired) electrons. The number of aliphatic hydroxyl groups excluding tert-OH is 1. The third-order valence-electron chi connectivity index (χ3n) is 4.92. The number of guanidine groups is 1. The predicted octanol–water partition coefficient (Wildman–Crippen LogP) is 1.59. The Balaban J connectivity index is 1.66. The zero-order valence-corrected chi connectivity index (χ0v) is 16.2. The Bertz CT molecular complexity index is 380. The van der Waals surface area contributed by atoms with Gasteiger partial charge in [0.05, 0.1) is 19.3 Å². The number of unbranched alkanes of at least 4 members (excludes halogenated alkanes) is 1. The lowest BCUT2D eigenvalue weighted by atomic mass is 10.0. The maximum Gasteiger partial charge on any atom is 0.191 e. The summed E-state index contributed by atoms with van der Waals surface area (Å²) in [6.45, 7) is 10.3. The van der Waals surface area contributed by atoms with Gasteiger partial charge in [0.25, 0.3) is 0 Å². The van der Waals surface area contributed by atoms with Crippen LogP contribution in [0.3, 0.4) is 0 Å². The number of nitrogens with one attached hydrogen (secondary N) is 2. The van der Waals surface area contributed by atoms with Crippen molar-refractivity contribution in [3.63, 3.8) is 0 Å². The van der Waals surface area contributed by atoms with Crippen molar-refractivity contribution in [2.75, 3.05) is 45.9 Å². The lowest BCUT2D eigenvalue weighted by Crippen LogP contribution is -2.49. The summed E-state index contributed by atoms with van der Waals surface area (Å²) in [5.74, 6) is 1.55. The Kier molecular flexibility index (Phi) is 9.58. The van der Waals surface area contributed by atoms with E-state index in [0.717, 1.165) is 51.0 Å². The van der Waals surface area contributed by atoms with Gasteiger partial charge >= 0.3 is 0 Å².